The molecule has 2 nitrogen and oxygen atoms in total. The zero-order valence-corrected chi connectivity index (χ0v) is 10.9. The number of hydrogen-bond acceptors (Lipinski definition) is 1. The van der Waals surface area contributed by atoms with Crippen LogP contribution in [0.1, 0.15) is 41.5 Å². The number of Topliss-reactive ketones (excluding diaryl/α,β-unsaturated/α-hetero) is 1. The molecular formula is C13H24NO+. The van der Waals surface area contributed by atoms with Crippen LogP contribution in [0.4, 0.5) is 0 Å². The summed E-state index contributed by atoms with van der Waals surface area (Å²) in [5.41, 5.74) is 1.17. The van der Waals surface area contributed by atoms with Crippen LogP contribution in [-0.4, -0.2) is 24.4 Å². The molecule has 2 heteroatoms. The molecule has 0 aliphatic carbocycles. The minimum Gasteiger partial charge on any atom is -0.321 e. The molecular weight excluding hydrogens is 186 g/mol. The molecule has 1 aliphatic rings. The van der Waals surface area contributed by atoms with Gasteiger partial charge in [-0.25, -0.2) is 0 Å². The van der Waals surface area contributed by atoms with Gasteiger partial charge in [0.05, 0.1) is 12.1 Å². The second-order valence-electron chi connectivity index (χ2n) is 6.53. The second kappa shape index (κ2) is 3.75. The highest BCUT2D eigenvalue weighted by Crippen LogP contribution is 2.26. The van der Waals surface area contributed by atoms with Gasteiger partial charge in [-0.1, -0.05) is 20.8 Å². The van der Waals surface area contributed by atoms with Gasteiger partial charge in [0.15, 0.2) is 0 Å². The molecule has 0 radical (unpaired) electrons. The first kappa shape index (κ1) is 12.4. The highest BCUT2D eigenvalue weighted by molar-refractivity contribution is 5.97. The molecule has 0 amide bonds. The van der Waals surface area contributed by atoms with Gasteiger partial charge in [0.25, 0.3) is 0 Å². The number of ketones is 1. The quantitative estimate of drug-likeness (QED) is 0.638. The number of nitrogens with one attached hydrogen (secondary N) is 1. The number of rotatable bonds is 0. The Kier molecular flexibility index (Phi) is 3.11. The predicted molar refractivity (Wildman–Crippen MR) is 63.0 cm³/mol. The molecule has 0 bridgehead atoms. The Labute approximate surface area is 93.3 Å². The first-order chi connectivity index (χ1) is 6.62. The number of carbonyl (C=O) groups excluding carboxylic acids is 1. The van der Waals surface area contributed by atoms with Crippen molar-refractivity contribution in [2.24, 2.45) is 5.41 Å². The van der Waals surface area contributed by atoms with E-state index in [9.17, 15) is 4.79 Å². The normalized spacial score (nSPS) is 24.0. The first-order valence-electron chi connectivity index (χ1n) is 5.71. The van der Waals surface area contributed by atoms with E-state index < -0.39 is 0 Å². The van der Waals surface area contributed by atoms with Crippen LogP contribution in [0.2, 0.25) is 0 Å². The van der Waals surface area contributed by atoms with Crippen molar-refractivity contribution in [2.75, 3.05) is 13.1 Å². The number of quaternary nitrogens is 1. The molecule has 0 aromatic carbocycles. The molecule has 0 saturated carbocycles. The zero-order valence-electron chi connectivity index (χ0n) is 10.9. The van der Waals surface area contributed by atoms with Gasteiger partial charge < -0.3 is 4.90 Å². The summed E-state index contributed by atoms with van der Waals surface area (Å²) in [4.78, 5) is 13.4. The van der Waals surface area contributed by atoms with E-state index in [0.717, 1.165) is 12.1 Å². The van der Waals surface area contributed by atoms with E-state index in [0.29, 0.717) is 12.3 Å². The lowest BCUT2D eigenvalue weighted by Gasteiger charge is -2.36. The maximum Gasteiger partial charge on any atom is 0.213 e. The molecule has 86 valence electrons. The molecule has 0 aromatic heterocycles. The average Bonchev–Trinajstić information content (AvgIpc) is 1.99. The van der Waals surface area contributed by atoms with E-state index in [-0.39, 0.29) is 11.0 Å². The maximum atomic E-state index is 12.0. The minimum absolute atomic E-state index is 0.000494. The fourth-order valence-corrected chi connectivity index (χ4v) is 2.00. The Morgan fingerprint density at radius 3 is 2.00 bits per heavy atom. The van der Waals surface area contributed by atoms with Crippen LogP contribution in [0.15, 0.2) is 11.6 Å². The van der Waals surface area contributed by atoms with Crippen LogP contribution in [-0.2, 0) is 4.79 Å². The summed E-state index contributed by atoms with van der Waals surface area (Å²) in [5, 5.41) is 0. The van der Waals surface area contributed by atoms with Crippen LogP contribution >= 0.6 is 0 Å². The molecule has 1 aliphatic heterocycles. The lowest BCUT2D eigenvalue weighted by molar-refractivity contribution is -0.934. The van der Waals surface area contributed by atoms with E-state index in [1.807, 2.05) is 0 Å². The third-order valence-electron chi connectivity index (χ3n) is 3.10. The topological polar surface area (TPSA) is 21.5 Å². The van der Waals surface area contributed by atoms with E-state index in [4.69, 9.17) is 0 Å². The van der Waals surface area contributed by atoms with Gasteiger partial charge in [0.1, 0.15) is 6.54 Å². The van der Waals surface area contributed by atoms with Gasteiger partial charge in [-0.2, -0.15) is 0 Å². The van der Waals surface area contributed by atoms with Gasteiger partial charge in [-0.05, 0) is 32.3 Å². The Morgan fingerprint density at radius 1 is 1.13 bits per heavy atom. The summed E-state index contributed by atoms with van der Waals surface area (Å²) in [6.07, 6.45) is 2.13. The molecule has 1 unspecified atom stereocenters. The highest BCUT2D eigenvalue weighted by Gasteiger charge is 2.35. The van der Waals surface area contributed by atoms with E-state index >= 15 is 0 Å². The van der Waals surface area contributed by atoms with Crippen LogP contribution < -0.4 is 4.90 Å². The predicted octanol–water partition coefficient (Wildman–Crippen LogP) is 1.22. The monoisotopic (exact) mass is 210 g/mol. The summed E-state index contributed by atoms with van der Waals surface area (Å²) < 4.78 is 0. The largest absolute Gasteiger partial charge is 0.321 e. The smallest absolute Gasteiger partial charge is 0.213 e. The molecule has 1 N–H and O–H groups in total. The van der Waals surface area contributed by atoms with Crippen molar-refractivity contribution in [1.29, 1.82) is 0 Å². The van der Waals surface area contributed by atoms with Crippen LogP contribution in [0.25, 0.3) is 0 Å². The third-order valence-corrected chi connectivity index (χ3v) is 3.10. The average molecular weight is 210 g/mol. The minimum atomic E-state index is 0.000494. The van der Waals surface area contributed by atoms with Gasteiger partial charge in [0, 0.05) is 5.57 Å². The fourth-order valence-electron chi connectivity index (χ4n) is 2.00. The molecule has 0 saturated heterocycles. The van der Waals surface area contributed by atoms with Gasteiger partial charge in [-0.15, -0.1) is 0 Å². The molecule has 0 fully saturated rings. The fraction of sp³-hybridized carbons (Fsp3) is 0.769. The number of hydrogen-bond donors (Lipinski definition) is 1. The van der Waals surface area contributed by atoms with Crippen molar-refractivity contribution in [3.8, 4) is 0 Å². The Balaban J connectivity index is 2.86. The van der Waals surface area contributed by atoms with Crippen molar-refractivity contribution < 1.29 is 9.69 Å². The highest BCUT2D eigenvalue weighted by atomic mass is 16.1. The maximum absolute atomic E-state index is 12.0. The second-order valence-corrected chi connectivity index (χ2v) is 6.53. The number of carbonyl (C=O) groups is 1. The molecule has 1 rings (SSSR count). The standard InChI is InChI=1S/C13H23NO/c1-12(2,3)10-7-8-14(9-11(10)15)13(4,5)6/h7H,8-9H2,1-6H3/p+1. The van der Waals surface area contributed by atoms with E-state index in [2.05, 4.69) is 47.6 Å². The van der Waals surface area contributed by atoms with Crippen LogP contribution in [0.3, 0.4) is 0 Å². The molecule has 15 heavy (non-hydrogen) atoms. The summed E-state index contributed by atoms with van der Waals surface area (Å²) in [6, 6.07) is 0. The van der Waals surface area contributed by atoms with Crippen molar-refractivity contribution in [1.82, 2.24) is 0 Å². The van der Waals surface area contributed by atoms with Crippen molar-refractivity contribution in [2.45, 2.75) is 47.1 Å². The van der Waals surface area contributed by atoms with Gasteiger partial charge in [-0.3, -0.25) is 4.79 Å². The van der Waals surface area contributed by atoms with E-state index in [1.54, 1.807) is 0 Å². The Bertz CT molecular complexity index is 289. The summed E-state index contributed by atoms with van der Waals surface area (Å²) in [7, 11) is 0. The summed E-state index contributed by atoms with van der Waals surface area (Å²) in [5.74, 6) is 0.318. The Morgan fingerprint density at radius 2 is 1.67 bits per heavy atom. The molecule has 0 spiro atoms. The lowest BCUT2D eigenvalue weighted by Crippen LogP contribution is -3.20. The summed E-state index contributed by atoms with van der Waals surface area (Å²) in [6.45, 7) is 14.5. The molecule has 0 aromatic rings. The first-order valence-corrected chi connectivity index (χ1v) is 5.71. The third kappa shape index (κ3) is 2.91. The van der Waals surface area contributed by atoms with Gasteiger partial charge in [0.2, 0.25) is 5.78 Å². The SMILES string of the molecule is CC(C)(C)C1=CC[NH+](C(C)(C)C)CC1=O. The van der Waals surface area contributed by atoms with Crippen LogP contribution in [0, 0.1) is 5.41 Å². The molecule has 1 heterocycles. The Hall–Kier alpha value is -0.630. The van der Waals surface area contributed by atoms with Gasteiger partial charge >= 0.3 is 0 Å². The van der Waals surface area contributed by atoms with Crippen molar-refractivity contribution in [3.63, 3.8) is 0 Å². The van der Waals surface area contributed by atoms with Crippen molar-refractivity contribution in [3.05, 3.63) is 11.6 Å². The molecule has 1 atom stereocenters. The summed E-state index contributed by atoms with van der Waals surface area (Å²) >= 11 is 0. The van der Waals surface area contributed by atoms with E-state index in [1.165, 1.54) is 4.90 Å². The van der Waals surface area contributed by atoms with Crippen LogP contribution in [0.5, 0.6) is 0 Å². The lowest BCUT2D eigenvalue weighted by atomic mass is 9.81. The van der Waals surface area contributed by atoms with Crippen molar-refractivity contribution >= 4 is 5.78 Å². The zero-order chi connectivity index (χ0) is 11.9.